The van der Waals surface area contributed by atoms with Crippen LogP contribution in [-0.4, -0.2) is 73.1 Å². The highest BCUT2D eigenvalue weighted by Gasteiger charge is 2.32. The molecule has 108 valence electrons. The van der Waals surface area contributed by atoms with Gasteiger partial charge in [-0.05, 0) is 26.8 Å². The molecule has 2 aliphatic heterocycles. The number of ether oxygens (including phenoxy) is 1. The highest BCUT2D eigenvalue weighted by Crippen LogP contribution is 2.11. The van der Waals surface area contributed by atoms with Gasteiger partial charge in [0.1, 0.15) is 0 Å². The summed E-state index contributed by atoms with van der Waals surface area (Å²) in [6, 6.07) is 0. The van der Waals surface area contributed by atoms with Crippen molar-refractivity contribution in [2.45, 2.75) is 32.5 Å². The van der Waals surface area contributed by atoms with Crippen LogP contribution in [0.5, 0.6) is 0 Å². The third kappa shape index (κ3) is 3.67. The van der Waals surface area contributed by atoms with Crippen LogP contribution in [0.25, 0.3) is 0 Å². The molecule has 0 radical (unpaired) electrons. The van der Waals surface area contributed by atoms with Gasteiger partial charge in [-0.2, -0.15) is 0 Å². The lowest BCUT2D eigenvalue weighted by atomic mass is 10.2. The van der Waals surface area contributed by atoms with Crippen LogP contribution in [0.1, 0.15) is 20.3 Å². The van der Waals surface area contributed by atoms with Gasteiger partial charge in [0.05, 0.1) is 12.2 Å². The molecule has 2 heterocycles. The quantitative estimate of drug-likeness (QED) is 0.599. The molecule has 2 saturated heterocycles. The van der Waals surface area contributed by atoms with Crippen molar-refractivity contribution in [1.29, 1.82) is 0 Å². The Hall–Kier alpha value is -1.14. The van der Waals surface area contributed by atoms with E-state index in [1.54, 1.807) is 9.80 Å². The van der Waals surface area contributed by atoms with Gasteiger partial charge in [-0.15, -0.1) is 0 Å². The largest absolute Gasteiger partial charge is 0.372 e. The summed E-state index contributed by atoms with van der Waals surface area (Å²) in [6.45, 7) is 7.79. The maximum atomic E-state index is 12.3. The van der Waals surface area contributed by atoms with E-state index in [-0.39, 0.29) is 24.0 Å². The Bertz CT molecular complexity index is 330. The van der Waals surface area contributed by atoms with Crippen molar-refractivity contribution in [3.05, 3.63) is 0 Å². The molecule has 6 heteroatoms. The van der Waals surface area contributed by atoms with Crippen LogP contribution in [0.15, 0.2) is 0 Å². The number of morpholine rings is 1. The van der Waals surface area contributed by atoms with E-state index in [1.807, 2.05) is 13.8 Å². The number of carbonyl (C=O) groups is 2. The summed E-state index contributed by atoms with van der Waals surface area (Å²) in [6.07, 6.45) is 0.882. The molecule has 2 atom stereocenters. The summed E-state index contributed by atoms with van der Waals surface area (Å²) in [5.41, 5.74) is 0. The highest BCUT2D eigenvalue weighted by molar-refractivity contribution is 6.34. The summed E-state index contributed by atoms with van der Waals surface area (Å²) < 4.78 is 5.58. The maximum absolute atomic E-state index is 12.3. The van der Waals surface area contributed by atoms with E-state index >= 15 is 0 Å². The lowest BCUT2D eigenvalue weighted by Crippen LogP contribution is -2.53. The Morgan fingerprint density at radius 1 is 1.00 bits per heavy atom. The Morgan fingerprint density at radius 3 is 2.32 bits per heavy atom. The number of nitrogens with zero attached hydrogens (tertiary/aromatic N) is 2. The van der Waals surface area contributed by atoms with Crippen molar-refractivity contribution in [2.24, 2.45) is 0 Å². The zero-order chi connectivity index (χ0) is 13.8. The van der Waals surface area contributed by atoms with E-state index < -0.39 is 0 Å². The second kappa shape index (κ2) is 6.34. The van der Waals surface area contributed by atoms with Gasteiger partial charge in [0.25, 0.3) is 0 Å². The molecular weight excluding hydrogens is 246 g/mol. The van der Waals surface area contributed by atoms with Gasteiger partial charge < -0.3 is 19.9 Å². The lowest BCUT2D eigenvalue weighted by Gasteiger charge is -2.35. The normalized spacial score (nSPS) is 28.9. The molecule has 0 bridgehead atoms. The Labute approximate surface area is 114 Å². The van der Waals surface area contributed by atoms with E-state index in [9.17, 15) is 9.59 Å². The number of hydrogen-bond acceptors (Lipinski definition) is 4. The fraction of sp³-hybridized carbons (Fsp3) is 0.846. The molecule has 0 aromatic heterocycles. The molecule has 0 saturated carbocycles. The summed E-state index contributed by atoms with van der Waals surface area (Å²) in [7, 11) is 0. The minimum Gasteiger partial charge on any atom is -0.372 e. The first-order valence-corrected chi connectivity index (χ1v) is 7.02. The molecule has 0 aromatic rings. The topological polar surface area (TPSA) is 61.9 Å². The van der Waals surface area contributed by atoms with Crippen LogP contribution in [0, 0.1) is 0 Å². The number of nitrogens with one attached hydrogen (secondary N) is 1. The minimum atomic E-state index is -0.385. The van der Waals surface area contributed by atoms with Crippen LogP contribution in [0.3, 0.4) is 0 Å². The highest BCUT2D eigenvalue weighted by atomic mass is 16.5. The molecule has 0 aromatic carbocycles. The van der Waals surface area contributed by atoms with E-state index in [1.165, 1.54) is 0 Å². The van der Waals surface area contributed by atoms with Gasteiger partial charge in [0, 0.05) is 32.7 Å². The van der Waals surface area contributed by atoms with Gasteiger partial charge in [0.15, 0.2) is 0 Å². The molecule has 0 aliphatic carbocycles. The Morgan fingerprint density at radius 2 is 1.63 bits per heavy atom. The van der Waals surface area contributed by atoms with Gasteiger partial charge in [-0.25, -0.2) is 0 Å². The van der Waals surface area contributed by atoms with E-state index in [4.69, 9.17) is 4.74 Å². The zero-order valence-corrected chi connectivity index (χ0v) is 11.7. The summed E-state index contributed by atoms with van der Waals surface area (Å²) in [4.78, 5) is 27.8. The smallest absolute Gasteiger partial charge is 0.312 e. The first-order valence-electron chi connectivity index (χ1n) is 7.02. The molecule has 1 N–H and O–H groups in total. The van der Waals surface area contributed by atoms with Gasteiger partial charge in [-0.3, -0.25) is 9.59 Å². The average Bonchev–Trinajstić information content (AvgIpc) is 2.64. The summed E-state index contributed by atoms with van der Waals surface area (Å²) in [5.74, 6) is -0.756. The van der Waals surface area contributed by atoms with Crippen molar-refractivity contribution >= 4 is 11.8 Å². The maximum Gasteiger partial charge on any atom is 0.312 e. The van der Waals surface area contributed by atoms with Gasteiger partial charge in [0.2, 0.25) is 0 Å². The second-order valence-corrected chi connectivity index (χ2v) is 5.36. The van der Waals surface area contributed by atoms with Crippen LogP contribution >= 0.6 is 0 Å². The van der Waals surface area contributed by atoms with E-state index in [0.29, 0.717) is 26.2 Å². The summed E-state index contributed by atoms with van der Waals surface area (Å²) in [5, 5.41) is 3.23. The molecule has 0 unspecified atom stereocenters. The number of rotatable bonds is 0. The number of amides is 2. The van der Waals surface area contributed by atoms with E-state index in [2.05, 4.69) is 5.32 Å². The molecular formula is C13H23N3O3. The molecule has 19 heavy (non-hydrogen) atoms. The molecule has 2 rings (SSSR count). The number of carbonyl (C=O) groups excluding carboxylic acids is 2. The van der Waals surface area contributed by atoms with Crippen molar-refractivity contribution in [3.8, 4) is 0 Å². The van der Waals surface area contributed by atoms with Crippen LogP contribution in [0.4, 0.5) is 0 Å². The zero-order valence-electron chi connectivity index (χ0n) is 11.7. The van der Waals surface area contributed by atoms with Crippen molar-refractivity contribution in [3.63, 3.8) is 0 Å². The van der Waals surface area contributed by atoms with E-state index in [0.717, 1.165) is 19.5 Å². The van der Waals surface area contributed by atoms with Crippen LogP contribution < -0.4 is 5.32 Å². The fourth-order valence-electron chi connectivity index (χ4n) is 2.66. The van der Waals surface area contributed by atoms with Gasteiger partial charge >= 0.3 is 11.8 Å². The average molecular weight is 269 g/mol. The monoisotopic (exact) mass is 269 g/mol. The molecule has 6 nitrogen and oxygen atoms in total. The van der Waals surface area contributed by atoms with Crippen molar-refractivity contribution in [2.75, 3.05) is 39.3 Å². The predicted molar refractivity (Wildman–Crippen MR) is 70.7 cm³/mol. The molecule has 2 aliphatic rings. The molecule has 2 fully saturated rings. The van der Waals surface area contributed by atoms with Crippen LogP contribution in [-0.2, 0) is 14.3 Å². The number of hydrogen-bond donors (Lipinski definition) is 1. The van der Waals surface area contributed by atoms with Crippen molar-refractivity contribution < 1.29 is 14.3 Å². The third-order valence-corrected chi connectivity index (χ3v) is 3.52. The second-order valence-electron chi connectivity index (χ2n) is 5.36. The summed E-state index contributed by atoms with van der Waals surface area (Å²) >= 11 is 0. The van der Waals surface area contributed by atoms with Crippen molar-refractivity contribution in [1.82, 2.24) is 15.1 Å². The first-order chi connectivity index (χ1) is 9.08. The molecule has 0 spiro atoms. The Kier molecular flexibility index (Phi) is 4.76. The SMILES string of the molecule is C[C@@H]1CN(C(=O)C(=O)N2CCCNCC2)C[C@H](C)O1. The van der Waals surface area contributed by atoms with Gasteiger partial charge in [-0.1, -0.05) is 0 Å². The minimum absolute atomic E-state index is 0.00806. The lowest BCUT2D eigenvalue weighted by molar-refractivity contribution is -0.158. The fourth-order valence-corrected chi connectivity index (χ4v) is 2.66. The standard InChI is InChI=1S/C13H23N3O3/c1-10-8-16(9-11(2)19-10)13(18)12(17)15-6-3-4-14-5-7-15/h10-11,14H,3-9H2,1-2H3/t10-,11+. The first kappa shape index (κ1) is 14.3. The Balaban J connectivity index is 1.95. The predicted octanol–water partition coefficient (Wildman–Crippen LogP) is -0.556. The molecule has 2 amide bonds. The third-order valence-electron chi connectivity index (χ3n) is 3.52. The van der Waals surface area contributed by atoms with Crippen LogP contribution in [0.2, 0.25) is 0 Å².